The number of phosphoric ester groups is 2. The van der Waals surface area contributed by atoms with Crippen LogP contribution in [-0.4, -0.2) is 117 Å². The monoisotopic (exact) mass is 756 g/mol. The number of H-pyrrole nitrogens is 1. The van der Waals surface area contributed by atoms with Gasteiger partial charge in [-0.15, -0.1) is 0 Å². The molecule has 4 aromatic rings. The highest BCUT2D eigenvalue weighted by molar-refractivity contribution is 7.47. The number of hydrogen-bond acceptors (Lipinski definition) is 18. The second-order valence-corrected chi connectivity index (χ2v) is 13.9. The molecule has 0 aliphatic carbocycles. The third-order valence-corrected chi connectivity index (χ3v) is 9.70. The number of nitrogen functional groups attached to an aromatic ring is 2. The second kappa shape index (κ2) is 12.5. The maximum atomic E-state index is 13.4. The number of anilines is 2. The van der Waals surface area contributed by atoms with Crippen LogP contribution in [0.1, 0.15) is 12.5 Å². The first-order valence-electron chi connectivity index (χ1n) is 14.1. The number of nitrogens with zero attached hydrogens (tertiary/aromatic N) is 7. The highest BCUT2D eigenvalue weighted by atomic mass is 31.2. The predicted molar refractivity (Wildman–Crippen MR) is 153 cm³/mol. The number of rotatable bonds is 4. The molecule has 28 heteroatoms. The summed E-state index contributed by atoms with van der Waals surface area (Å²) in [7, 11) is -10.7. The minimum atomic E-state index is -5.38. The largest absolute Gasteiger partial charge is 0.472 e. The minimum Gasteiger partial charge on any atom is -0.386 e. The number of imidazole rings is 2. The van der Waals surface area contributed by atoms with E-state index in [0.717, 1.165) is 17.2 Å². The van der Waals surface area contributed by atoms with Gasteiger partial charge in [0.2, 0.25) is 5.95 Å². The molecule has 4 aromatic heterocycles. The van der Waals surface area contributed by atoms with E-state index in [1.54, 1.807) is 0 Å². The molecule has 2 bridgehead atoms. The standard InChI is InChI=1S/C22H25F3N10O13P2/c23-22(24,25)3-42-13-8-2-44-49(38,39)47-12-7(45-19(11(12)36)34-5-30-9-15(26)28-4-29-16(9)34)1-43-50(40,41)48-14(13)20(46-8)35-6-31-10-17(35)32-21(27)33-18(10)37/h4-8,11-14,19-20,36H,1-3H2,(H,38,39)(H,40,41)(H2,26,28,29)(H3,27,32,33,37)/t7-,8-,11+,12?,13?,14?,19-,20-/m1/s1. The number of aromatic amines is 1. The Morgan fingerprint density at radius 1 is 0.920 bits per heavy atom. The quantitative estimate of drug-likeness (QED) is 0.139. The third kappa shape index (κ3) is 6.60. The minimum absolute atomic E-state index is 0.0163. The SMILES string of the molecule is Nc1nc2c(ncn2[C@@H]2O[C@@H]3COP(=O)(O)OC4[C@@H](COP(=O)(O)OC2C3OCC(F)(F)F)O[C@@H](n2cnc3c(N)ncnc32)[C@H]4O)c(=O)[nH]1. The Hall–Kier alpha value is -3.65. The van der Waals surface area contributed by atoms with Gasteiger partial charge >= 0.3 is 21.8 Å². The van der Waals surface area contributed by atoms with E-state index in [4.69, 9.17) is 43.8 Å². The highest BCUT2D eigenvalue weighted by Gasteiger charge is 2.55. The molecular formula is C22H25F3N10O13P2. The van der Waals surface area contributed by atoms with E-state index < -0.39 is 102 Å². The van der Waals surface area contributed by atoms with Gasteiger partial charge in [-0.25, -0.2) is 29.1 Å². The normalized spacial score (nSPS) is 35.5. The van der Waals surface area contributed by atoms with Crippen molar-refractivity contribution in [2.24, 2.45) is 0 Å². The van der Waals surface area contributed by atoms with Crippen LogP contribution in [-0.2, 0) is 41.4 Å². The lowest BCUT2D eigenvalue weighted by Crippen LogP contribution is -2.40. The van der Waals surface area contributed by atoms with Crippen molar-refractivity contribution in [3.8, 4) is 0 Å². The van der Waals surface area contributed by atoms with E-state index in [-0.39, 0.29) is 28.1 Å². The summed E-state index contributed by atoms with van der Waals surface area (Å²) in [5, 5.41) is 11.2. The molecule has 23 nitrogen and oxygen atoms in total. The zero-order valence-electron chi connectivity index (χ0n) is 24.7. The lowest BCUT2D eigenvalue weighted by Gasteiger charge is -2.27. The first kappa shape index (κ1) is 34.8. The Bertz CT molecular complexity index is 2080. The Morgan fingerprint density at radius 2 is 1.54 bits per heavy atom. The summed E-state index contributed by atoms with van der Waals surface area (Å²) in [5.41, 5.74) is 10.3. The molecule has 3 aliphatic rings. The van der Waals surface area contributed by atoms with Gasteiger partial charge in [0.25, 0.3) is 5.56 Å². The highest BCUT2D eigenvalue weighted by Crippen LogP contribution is 2.54. The zero-order chi connectivity index (χ0) is 35.7. The summed E-state index contributed by atoms with van der Waals surface area (Å²) < 4.78 is 106. The summed E-state index contributed by atoms with van der Waals surface area (Å²) in [6, 6.07) is 0. The van der Waals surface area contributed by atoms with Gasteiger partial charge in [0.1, 0.15) is 55.1 Å². The van der Waals surface area contributed by atoms with Crippen LogP contribution in [0.3, 0.4) is 0 Å². The first-order valence-corrected chi connectivity index (χ1v) is 17.1. The lowest BCUT2D eigenvalue weighted by molar-refractivity contribution is -0.196. The fraction of sp³-hybridized carbons (Fsp3) is 0.545. The molecule has 7 heterocycles. The van der Waals surface area contributed by atoms with Crippen LogP contribution < -0.4 is 17.0 Å². The summed E-state index contributed by atoms with van der Waals surface area (Å²) in [6.07, 6.45) is -15.8. The summed E-state index contributed by atoms with van der Waals surface area (Å²) in [6.45, 7) is -3.96. The van der Waals surface area contributed by atoms with Gasteiger partial charge < -0.3 is 40.6 Å². The number of nitrogens with one attached hydrogen (secondary N) is 1. The van der Waals surface area contributed by atoms with Gasteiger partial charge in [0.05, 0.1) is 25.9 Å². The number of alkyl halides is 3. The molecule has 10 atom stereocenters. The Morgan fingerprint density at radius 3 is 2.24 bits per heavy atom. The third-order valence-electron chi connectivity index (χ3n) is 7.73. The van der Waals surface area contributed by atoms with E-state index in [2.05, 4.69) is 29.9 Å². The van der Waals surface area contributed by atoms with Crippen molar-refractivity contribution >= 4 is 49.7 Å². The molecule has 0 radical (unpaired) electrons. The average Bonchev–Trinajstić information content (AvgIpc) is 3.78. The molecule has 3 saturated heterocycles. The molecular weight excluding hydrogens is 731 g/mol. The van der Waals surface area contributed by atoms with Gasteiger partial charge in [-0.1, -0.05) is 0 Å². The molecule has 3 aliphatic heterocycles. The van der Waals surface area contributed by atoms with E-state index in [1.807, 2.05) is 0 Å². The van der Waals surface area contributed by atoms with Gasteiger partial charge in [-0.2, -0.15) is 18.2 Å². The van der Waals surface area contributed by atoms with Crippen LogP contribution in [0.4, 0.5) is 24.9 Å². The van der Waals surface area contributed by atoms with Crippen molar-refractivity contribution in [2.75, 3.05) is 31.3 Å². The first-order chi connectivity index (χ1) is 23.5. The van der Waals surface area contributed by atoms with Crippen molar-refractivity contribution in [3.63, 3.8) is 0 Å². The molecule has 0 spiro atoms. The number of fused-ring (bicyclic) bond motifs is 5. The fourth-order valence-corrected chi connectivity index (χ4v) is 7.57. The molecule has 8 N–H and O–H groups in total. The number of nitrogens with two attached hydrogens (primary N) is 2. The van der Waals surface area contributed by atoms with Gasteiger partial charge in [-0.3, -0.25) is 37.0 Å². The maximum Gasteiger partial charge on any atom is 0.472 e. The van der Waals surface area contributed by atoms with Gasteiger partial charge in [0, 0.05) is 0 Å². The number of halogens is 3. The number of aliphatic hydroxyl groups is 1. The van der Waals surface area contributed by atoms with Crippen molar-refractivity contribution in [2.45, 2.75) is 55.3 Å². The van der Waals surface area contributed by atoms with E-state index in [9.17, 15) is 42.0 Å². The van der Waals surface area contributed by atoms with Crippen LogP contribution in [0.15, 0.2) is 23.8 Å². The molecule has 50 heavy (non-hydrogen) atoms. The van der Waals surface area contributed by atoms with Crippen molar-refractivity contribution in [1.29, 1.82) is 0 Å². The summed E-state index contributed by atoms with van der Waals surface area (Å²) in [4.78, 5) is 55.9. The topological polar surface area (TPSA) is 319 Å². The van der Waals surface area contributed by atoms with Crippen molar-refractivity contribution in [3.05, 3.63) is 29.3 Å². The zero-order valence-corrected chi connectivity index (χ0v) is 26.5. The average molecular weight is 756 g/mol. The fourth-order valence-electron chi connectivity index (χ4n) is 5.67. The Balaban J connectivity index is 1.24. The van der Waals surface area contributed by atoms with Crippen LogP contribution in [0, 0.1) is 0 Å². The number of hydrogen-bond donors (Lipinski definition) is 6. The second-order valence-electron chi connectivity index (χ2n) is 11.0. The van der Waals surface area contributed by atoms with Crippen LogP contribution in [0.25, 0.3) is 22.3 Å². The lowest BCUT2D eigenvalue weighted by atomic mass is 10.1. The smallest absolute Gasteiger partial charge is 0.386 e. The molecule has 5 unspecified atom stereocenters. The number of aliphatic hydroxyl groups excluding tert-OH is 1. The molecule has 0 aromatic carbocycles. The van der Waals surface area contributed by atoms with Crippen LogP contribution in [0.5, 0.6) is 0 Å². The molecule has 272 valence electrons. The Kier molecular flexibility index (Phi) is 8.72. The van der Waals surface area contributed by atoms with Crippen molar-refractivity contribution < 1.29 is 69.5 Å². The number of ether oxygens (including phenoxy) is 3. The van der Waals surface area contributed by atoms with Gasteiger partial charge in [0.15, 0.2) is 35.1 Å². The van der Waals surface area contributed by atoms with Crippen molar-refractivity contribution in [1.82, 2.24) is 39.0 Å². The van der Waals surface area contributed by atoms with E-state index in [1.165, 1.54) is 10.9 Å². The summed E-state index contributed by atoms with van der Waals surface area (Å²) in [5.74, 6) is -0.412. The molecule has 7 rings (SSSR count). The molecule has 0 saturated carbocycles. The van der Waals surface area contributed by atoms with Crippen LogP contribution in [0.2, 0.25) is 0 Å². The van der Waals surface area contributed by atoms with E-state index >= 15 is 0 Å². The number of aromatic nitrogens is 8. The van der Waals surface area contributed by atoms with Gasteiger partial charge in [-0.05, 0) is 0 Å². The number of phosphoric acid groups is 2. The maximum absolute atomic E-state index is 13.4. The van der Waals surface area contributed by atoms with E-state index in [0.29, 0.717) is 0 Å². The summed E-state index contributed by atoms with van der Waals surface area (Å²) >= 11 is 0. The van der Waals surface area contributed by atoms with Crippen LogP contribution >= 0.6 is 15.6 Å². The Labute approximate surface area is 274 Å². The molecule has 0 amide bonds. The molecule has 3 fully saturated rings. The predicted octanol–water partition coefficient (Wildman–Crippen LogP) is -0.755.